The van der Waals surface area contributed by atoms with Crippen molar-refractivity contribution in [2.75, 3.05) is 14.1 Å². The summed E-state index contributed by atoms with van der Waals surface area (Å²) in [5.74, 6) is 0. The molecule has 3 heteroatoms. The fourth-order valence-corrected chi connectivity index (χ4v) is 3.06. The van der Waals surface area contributed by atoms with Gasteiger partial charge in [0.2, 0.25) is 0 Å². The first kappa shape index (κ1) is 12.5. The van der Waals surface area contributed by atoms with E-state index < -0.39 is 14.4 Å². The fourth-order valence-electron chi connectivity index (χ4n) is 1.02. The summed E-state index contributed by atoms with van der Waals surface area (Å²) in [6, 6.07) is 0. The van der Waals surface area contributed by atoms with E-state index in [2.05, 4.69) is 31.8 Å². The molecule has 0 amide bonds. The summed E-state index contributed by atoms with van der Waals surface area (Å²) in [5, 5.41) is 2.81. The Kier molecular flexibility index (Phi) is 9.55. The van der Waals surface area contributed by atoms with Crippen molar-refractivity contribution >= 4 is 26.8 Å². The molecule has 0 fully saturated rings. The predicted octanol–water partition coefficient (Wildman–Crippen LogP) is 2.00. The van der Waals surface area contributed by atoms with Crippen LogP contribution in [0.3, 0.4) is 0 Å². The van der Waals surface area contributed by atoms with Gasteiger partial charge in [-0.05, 0) is 14.1 Å². The Hall–Kier alpha value is 0.782. The zero-order valence-electron chi connectivity index (χ0n) is 6.85. The molecule has 0 rings (SSSR count). The highest BCUT2D eigenvalue weighted by Crippen LogP contribution is 1.98. The smallest absolute Gasteiger partial charge is 0.371 e. The lowest BCUT2D eigenvalue weighted by atomic mass is 10.9. The van der Waals surface area contributed by atoms with Crippen molar-refractivity contribution in [1.29, 1.82) is 0 Å². The Morgan fingerprint density at radius 3 is 1.44 bits per heavy atom. The fraction of sp³-hybridized carbons (Fsp3) is 1.00. The van der Waals surface area contributed by atoms with E-state index in [1.54, 1.807) is 0 Å². The van der Waals surface area contributed by atoms with Crippen LogP contribution in [0.25, 0.3) is 0 Å². The highest BCUT2D eigenvalue weighted by Gasteiger charge is 2.14. The van der Waals surface area contributed by atoms with Crippen LogP contribution in [0.2, 0.25) is 10.6 Å². The molecule has 0 radical (unpaired) electrons. The monoisotopic (exact) mass is 165 g/mol. The zero-order chi connectivity index (χ0) is 6.57. The first-order chi connectivity index (χ1) is 3.72. The molecule has 0 saturated heterocycles. The third-order valence-electron chi connectivity index (χ3n) is 1.67. The van der Waals surface area contributed by atoms with Crippen molar-refractivity contribution in [1.82, 2.24) is 3.88 Å². The minimum Gasteiger partial charge on any atom is -0.390 e. The first-order valence-electron chi connectivity index (χ1n) is 3.38. The lowest BCUT2D eigenvalue weighted by Crippen LogP contribution is -2.30. The van der Waals surface area contributed by atoms with Crippen LogP contribution in [0.4, 0.5) is 0 Å². The van der Waals surface area contributed by atoms with Gasteiger partial charge in [0, 0.05) is 0 Å². The topological polar surface area (TPSA) is 3.24 Å². The van der Waals surface area contributed by atoms with Crippen molar-refractivity contribution in [3.63, 3.8) is 0 Å². The van der Waals surface area contributed by atoms with Gasteiger partial charge in [0.1, 0.15) is 0 Å². The van der Waals surface area contributed by atoms with Crippen LogP contribution in [-0.2, 0) is 0 Å². The number of hydrogen-bond acceptors (Lipinski definition) is 1. The maximum atomic E-state index is 2.42. The second kappa shape index (κ2) is 6.90. The first-order valence-corrected chi connectivity index (χ1v) is 5.53. The van der Waals surface area contributed by atoms with Gasteiger partial charge in [-0.25, -0.2) is 0 Å². The van der Waals surface area contributed by atoms with Crippen molar-refractivity contribution in [2.45, 2.75) is 24.4 Å². The van der Waals surface area contributed by atoms with Crippen LogP contribution < -0.4 is 0 Å². The molecule has 1 nitrogen and oxygen atoms in total. The highest BCUT2D eigenvalue weighted by molar-refractivity contribution is 6.55. The van der Waals surface area contributed by atoms with E-state index in [0.717, 1.165) is 0 Å². The summed E-state index contributed by atoms with van der Waals surface area (Å²) in [5.41, 5.74) is 0. The largest absolute Gasteiger partial charge is 0.390 e. The number of nitrogens with zero attached hydrogens (tertiary/aromatic N) is 1. The molecule has 56 valence electrons. The van der Waals surface area contributed by atoms with Crippen LogP contribution in [-0.4, -0.2) is 32.3 Å². The minimum atomic E-state index is -0.432. The van der Waals surface area contributed by atoms with E-state index in [9.17, 15) is 0 Å². The number of rotatable bonds is 3. The Morgan fingerprint density at radius 2 is 1.44 bits per heavy atom. The third kappa shape index (κ3) is 5.24. The maximum Gasteiger partial charge on any atom is 0.371 e. The Morgan fingerprint density at radius 1 is 1.11 bits per heavy atom. The summed E-state index contributed by atoms with van der Waals surface area (Å²) >= 11 is -0.432. The van der Waals surface area contributed by atoms with Gasteiger partial charge in [0.05, 0.1) is 0 Å². The SMILES string of the molecule is C[CH2][Al]([CH2]C)[N](C)C.Cl. The van der Waals surface area contributed by atoms with E-state index in [0.29, 0.717) is 0 Å². The third-order valence-corrected chi connectivity index (χ3v) is 5.02. The van der Waals surface area contributed by atoms with Gasteiger partial charge < -0.3 is 3.88 Å². The van der Waals surface area contributed by atoms with Gasteiger partial charge in [0.25, 0.3) is 0 Å². The molecule has 0 aliphatic carbocycles. The van der Waals surface area contributed by atoms with E-state index in [1.807, 2.05) is 0 Å². The number of halogens is 1. The minimum absolute atomic E-state index is 0. The van der Waals surface area contributed by atoms with Crippen molar-refractivity contribution in [3.05, 3.63) is 0 Å². The summed E-state index contributed by atoms with van der Waals surface area (Å²) in [4.78, 5) is 0. The second-order valence-corrected chi connectivity index (χ2v) is 6.41. The molecule has 0 aliphatic heterocycles. The Labute approximate surface area is 69.4 Å². The summed E-state index contributed by atoms with van der Waals surface area (Å²) in [6.45, 7) is 4.58. The molecular formula is C6H17AlClN. The Balaban J connectivity index is 0. The average molecular weight is 166 g/mol. The van der Waals surface area contributed by atoms with Crippen molar-refractivity contribution in [3.8, 4) is 0 Å². The molecule has 0 atom stereocenters. The van der Waals surface area contributed by atoms with Gasteiger partial charge in [-0.2, -0.15) is 0 Å². The van der Waals surface area contributed by atoms with Crippen molar-refractivity contribution < 1.29 is 0 Å². The van der Waals surface area contributed by atoms with Gasteiger partial charge in [-0.15, -0.1) is 12.4 Å². The van der Waals surface area contributed by atoms with Crippen LogP contribution in [0.1, 0.15) is 13.8 Å². The standard InChI is InChI=1S/C2H6N.2C2H5.Al.ClH/c1-3-2;2*1-2;;/h1-2H3;2*1H2,2H3;;1H/q-1;;;+1;. The van der Waals surface area contributed by atoms with Gasteiger partial charge in [0.15, 0.2) is 0 Å². The number of hydrogen-bond donors (Lipinski definition) is 0. The van der Waals surface area contributed by atoms with Crippen LogP contribution in [0.5, 0.6) is 0 Å². The predicted molar refractivity (Wildman–Crippen MR) is 47.7 cm³/mol. The Bertz CT molecular complexity index is 55.0. The van der Waals surface area contributed by atoms with Gasteiger partial charge in [-0.1, -0.05) is 24.4 Å². The lowest BCUT2D eigenvalue weighted by molar-refractivity contribution is 0.634. The molecular weight excluding hydrogens is 149 g/mol. The zero-order valence-corrected chi connectivity index (χ0v) is 8.82. The normalized spacial score (nSPS) is 9.00. The highest BCUT2D eigenvalue weighted by atomic mass is 35.5. The van der Waals surface area contributed by atoms with Crippen LogP contribution in [0.15, 0.2) is 0 Å². The molecule has 0 spiro atoms. The summed E-state index contributed by atoms with van der Waals surface area (Å²) < 4.78 is 2.42. The molecule has 0 heterocycles. The summed E-state index contributed by atoms with van der Waals surface area (Å²) in [6.07, 6.45) is 0. The summed E-state index contributed by atoms with van der Waals surface area (Å²) in [7, 11) is 4.40. The molecule has 0 N–H and O–H groups in total. The van der Waals surface area contributed by atoms with Crippen molar-refractivity contribution in [2.24, 2.45) is 0 Å². The molecule has 0 bridgehead atoms. The molecule has 0 unspecified atom stereocenters. The maximum absolute atomic E-state index is 2.42. The van der Waals surface area contributed by atoms with E-state index in [1.165, 1.54) is 10.6 Å². The average Bonchev–Trinajstić information content (AvgIpc) is 1.69. The van der Waals surface area contributed by atoms with E-state index in [-0.39, 0.29) is 12.4 Å². The molecule has 0 aromatic heterocycles. The molecule has 0 aliphatic rings. The van der Waals surface area contributed by atoms with Gasteiger partial charge in [-0.3, -0.25) is 0 Å². The molecule has 0 aromatic rings. The molecule has 9 heavy (non-hydrogen) atoms. The van der Waals surface area contributed by atoms with E-state index >= 15 is 0 Å². The van der Waals surface area contributed by atoms with Gasteiger partial charge >= 0.3 is 14.4 Å². The van der Waals surface area contributed by atoms with E-state index in [4.69, 9.17) is 0 Å². The van der Waals surface area contributed by atoms with Crippen LogP contribution >= 0.6 is 12.4 Å². The van der Waals surface area contributed by atoms with Crippen LogP contribution in [0, 0.1) is 0 Å². The molecule has 0 saturated carbocycles. The second-order valence-electron chi connectivity index (χ2n) is 2.43. The molecule has 0 aromatic carbocycles. The lowest BCUT2D eigenvalue weighted by Gasteiger charge is -2.14. The quantitative estimate of drug-likeness (QED) is 0.579.